The molecule has 1 heterocycles. The molecule has 6 heteroatoms. The standard InChI is InChI=1S/C14H10FNO4/c15-11-3-2-8(5-7(11)1-4-12(17)18)16-13(19)9-6-10(9)14(16)20/h1-5,9-10H,6H2,(H,17,18)/b4-1+. The predicted octanol–water partition coefficient (Wildman–Crippen LogP) is 1.43. The summed E-state index contributed by atoms with van der Waals surface area (Å²) in [5, 5.41) is 8.54. The van der Waals surface area contributed by atoms with E-state index in [2.05, 4.69) is 0 Å². The number of anilines is 1. The Morgan fingerprint density at radius 2 is 1.95 bits per heavy atom. The average Bonchev–Trinajstić information content (AvgIpc) is 3.14. The predicted molar refractivity (Wildman–Crippen MR) is 67.2 cm³/mol. The molecule has 0 spiro atoms. The molecule has 1 N–H and O–H groups in total. The van der Waals surface area contributed by atoms with E-state index in [9.17, 15) is 18.8 Å². The fourth-order valence-electron chi connectivity index (χ4n) is 2.39. The number of imide groups is 1. The number of rotatable bonds is 3. The van der Waals surface area contributed by atoms with Crippen LogP contribution in [-0.4, -0.2) is 22.9 Å². The van der Waals surface area contributed by atoms with Gasteiger partial charge in [0.05, 0.1) is 17.5 Å². The number of hydrogen-bond donors (Lipinski definition) is 1. The zero-order valence-electron chi connectivity index (χ0n) is 10.2. The molecule has 1 aliphatic carbocycles. The van der Waals surface area contributed by atoms with E-state index in [1.807, 2.05) is 0 Å². The van der Waals surface area contributed by atoms with Gasteiger partial charge in [-0.3, -0.25) is 14.5 Å². The van der Waals surface area contributed by atoms with Crippen molar-refractivity contribution in [3.05, 3.63) is 35.7 Å². The van der Waals surface area contributed by atoms with Crippen LogP contribution in [-0.2, 0) is 14.4 Å². The van der Waals surface area contributed by atoms with Crippen molar-refractivity contribution in [2.24, 2.45) is 11.8 Å². The molecule has 1 aliphatic heterocycles. The smallest absolute Gasteiger partial charge is 0.328 e. The maximum absolute atomic E-state index is 13.6. The molecule has 0 aromatic heterocycles. The minimum atomic E-state index is -1.20. The number of aliphatic carboxylic acids is 1. The van der Waals surface area contributed by atoms with Crippen molar-refractivity contribution in [3.8, 4) is 0 Å². The summed E-state index contributed by atoms with van der Waals surface area (Å²) in [6, 6.07) is 3.75. The zero-order valence-corrected chi connectivity index (χ0v) is 10.2. The molecule has 0 radical (unpaired) electrons. The average molecular weight is 275 g/mol. The molecule has 1 saturated heterocycles. The van der Waals surface area contributed by atoms with Gasteiger partial charge in [0.15, 0.2) is 0 Å². The lowest BCUT2D eigenvalue weighted by Crippen LogP contribution is -2.32. The van der Waals surface area contributed by atoms with E-state index in [4.69, 9.17) is 5.11 Å². The van der Waals surface area contributed by atoms with Crippen LogP contribution in [0.1, 0.15) is 12.0 Å². The Balaban J connectivity index is 1.95. The summed E-state index contributed by atoms with van der Waals surface area (Å²) < 4.78 is 13.6. The second-order valence-electron chi connectivity index (χ2n) is 4.84. The molecule has 3 rings (SSSR count). The molecule has 2 amide bonds. The number of piperidine rings is 1. The number of fused-ring (bicyclic) bond motifs is 1. The molecule has 2 aliphatic rings. The zero-order chi connectivity index (χ0) is 14.4. The summed E-state index contributed by atoms with van der Waals surface area (Å²) in [4.78, 5) is 35.3. The van der Waals surface area contributed by atoms with Gasteiger partial charge in [0.1, 0.15) is 5.82 Å². The van der Waals surface area contributed by atoms with Crippen LogP contribution in [0.2, 0.25) is 0 Å². The van der Waals surface area contributed by atoms with Crippen LogP contribution in [0.4, 0.5) is 10.1 Å². The largest absolute Gasteiger partial charge is 0.478 e. The van der Waals surface area contributed by atoms with Crippen LogP contribution in [0.25, 0.3) is 6.08 Å². The molecule has 2 unspecified atom stereocenters. The van der Waals surface area contributed by atoms with Crippen molar-refractivity contribution in [3.63, 3.8) is 0 Å². The van der Waals surface area contributed by atoms with Crippen molar-refractivity contribution in [1.29, 1.82) is 0 Å². The molecule has 1 saturated carbocycles. The van der Waals surface area contributed by atoms with Gasteiger partial charge < -0.3 is 5.11 Å². The van der Waals surface area contributed by atoms with Crippen LogP contribution in [0.3, 0.4) is 0 Å². The fraction of sp³-hybridized carbons (Fsp3) is 0.214. The quantitative estimate of drug-likeness (QED) is 0.669. The highest BCUT2D eigenvalue weighted by Gasteiger charge is 2.59. The molecule has 20 heavy (non-hydrogen) atoms. The van der Waals surface area contributed by atoms with E-state index in [0.717, 1.165) is 23.1 Å². The van der Waals surface area contributed by atoms with Crippen molar-refractivity contribution < 1.29 is 23.9 Å². The lowest BCUT2D eigenvalue weighted by molar-refractivity contribution is -0.131. The van der Waals surface area contributed by atoms with Crippen LogP contribution in [0, 0.1) is 17.7 Å². The second kappa shape index (κ2) is 4.26. The van der Waals surface area contributed by atoms with Crippen LogP contribution >= 0.6 is 0 Å². The third-order valence-electron chi connectivity index (χ3n) is 3.51. The molecule has 1 aromatic rings. The number of hydrogen-bond acceptors (Lipinski definition) is 3. The Kier molecular flexibility index (Phi) is 2.67. The maximum atomic E-state index is 13.6. The van der Waals surface area contributed by atoms with Gasteiger partial charge in [0, 0.05) is 11.6 Å². The van der Waals surface area contributed by atoms with E-state index in [0.29, 0.717) is 6.42 Å². The Morgan fingerprint density at radius 3 is 2.55 bits per heavy atom. The first-order valence-corrected chi connectivity index (χ1v) is 6.07. The maximum Gasteiger partial charge on any atom is 0.328 e. The Morgan fingerprint density at radius 1 is 1.30 bits per heavy atom. The Hall–Kier alpha value is -2.50. The second-order valence-corrected chi connectivity index (χ2v) is 4.84. The summed E-state index contributed by atoms with van der Waals surface area (Å²) >= 11 is 0. The summed E-state index contributed by atoms with van der Waals surface area (Å²) in [6.45, 7) is 0. The van der Waals surface area contributed by atoms with E-state index in [1.54, 1.807) is 0 Å². The molecule has 102 valence electrons. The number of carboxylic acid groups (broad SMARTS) is 1. The van der Waals surface area contributed by atoms with Gasteiger partial charge in [-0.25, -0.2) is 9.18 Å². The lowest BCUT2D eigenvalue weighted by Gasteiger charge is -2.17. The van der Waals surface area contributed by atoms with Crippen molar-refractivity contribution in [1.82, 2.24) is 0 Å². The highest BCUT2D eigenvalue weighted by Crippen LogP contribution is 2.48. The Bertz CT molecular complexity index is 647. The van der Waals surface area contributed by atoms with E-state index in [-0.39, 0.29) is 34.9 Å². The van der Waals surface area contributed by atoms with Gasteiger partial charge in [-0.1, -0.05) is 0 Å². The van der Waals surface area contributed by atoms with Crippen molar-refractivity contribution in [2.75, 3.05) is 4.90 Å². The summed E-state index contributed by atoms with van der Waals surface area (Å²) in [5.74, 6) is -2.81. The number of benzene rings is 1. The minimum Gasteiger partial charge on any atom is -0.478 e. The number of halogens is 1. The van der Waals surface area contributed by atoms with Crippen LogP contribution in [0.5, 0.6) is 0 Å². The molecular formula is C14H10FNO4. The van der Waals surface area contributed by atoms with E-state index in [1.165, 1.54) is 12.1 Å². The first-order chi connectivity index (χ1) is 9.49. The molecule has 2 fully saturated rings. The van der Waals surface area contributed by atoms with Crippen molar-refractivity contribution in [2.45, 2.75) is 6.42 Å². The van der Waals surface area contributed by atoms with Crippen LogP contribution in [0.15, 0.2) is 24.3 Å². The first-order valence-electron chi connectivity index (χ1n) is 6.07. The normalized spacial score (nSPS) is 24.4. The topological polar surface area (TPSA) is 74.7 Å². The van der Waals surface area contributed by atoms with Gasteiger partial charge in [0.2, 0.25) is 11.8 Å². The minimum absolute atomic E-state index is 0.0195. The number of amides is 2. The molecule has 2 atom stereocenters. The SMILES string of the molecule is O=C(O)/C=C/c1cc(N2C(=O)C3CC3C2=O)ccc1F. The summed E-state index contributed by atoms with van der Waals surface area (Å²) in [7, 11) is 0. The van der Waals surface area contributed by atoms with Crippen LogP contribution < -0.4 is 4.90 Å². The fourth-order valence-corrected chi connectivity index (χ4v) is 2.39. The molecular weight excluding hydrogens is 265 g/mol. The van der Waals surface area contributed by atoms with Gasteiger partial charge in [-0.05, 0) is 30.7 Å². The summed E-state index contributed by atoms with van der Waals surface area (Å²) in [5.41, 5.74) is 0.296. The highest BCUT2D eigenvalue weighted by atomic mass is 19.1. The Labute approximate surface area is 113 Å². The molecule has 5 nitrogen and oxygen atoms in total. The lowest BCUT2D eigenvalue weighted by atomic mass is 10.1. The van der Waals surface area contributed by atoms with Gasteiger partial charge in [0.25, 0.3) is 0 Å². The van der Waals surface area contributed by atoms with Crippen molar-refractivity contribution >= 4 is 29.5 Å². The number of nitrogens with zero attached hydrogens (tertiary/aromatic N) is 1. The number of carboxylic acids is 1. The number of carbonyl (C=O) groups is 3. The van der Waals surface area contributed by atoms with E-state index >= 15 is 0 Å². The molecule has 0 bridgehead atoms. The van der Waals surface area contributed by atoms with E-state index < -0.39 is 11.8 Å². The van der Waals surface area contributed by atoms with Gasteiger partial charge in [-0.2, -0.15) is 0 Å². The highest BCUT2D eigenvalue weighted by molar-refractivity contribution is 6.24. The monoisotopic (exact) mass is 275 g/mol. The summed E-state index contributed by atoms with van der Waals surface area (Å²) in [6.07, 6.45) is 2.49. The molecule has 1 aromatic carbocycles. The third kappa shape index (κ3) is 1.89. The first kappa shape index (κ1) is 12.5. The third-order valence-corrected chi connectivity index (χ3v) is 3.51. The van der Waals surface area contributed by atoms with Gasteiger partial charge in [-0.15, -0.1) is 0 Å². The number of carbonyl (C=O) groups excluding carboxylic acids is 2. The van der Waals surface area contributed by atoms with Gasteiger partial charge >= 0.3 is 5.97 Å².